The molecule has 3 heterocycles. The molecule has 0 amide bonds. The number of rotatable bonds is 9. The summed E-state index contributed by atoms with van der Waals surface area (Å²) in [4.78, 5) is 24.7. The van der Waals surface area contributed by atoms with Crippen LogP contribution in [0.15, 0.2) is 24.4 Å². The number of hydrogen-bond acceptors (Lipinski definition) is 9. The lowest BCUT2D eigenvalue weighted by molar-refractivity contribution is -0.143. The van der Waals surface area contributed by atoms with Crippen LogP contribution in [0.4, 0.5) is 5.95 Å². The number of ether oxygens (including phenoxy) is 2. The lowest BCUT2D eigenvalue weighted by atomic mass is 9.87. The van der Waals surface area contributed by atoms with Gasteiger partial charge >= 0.3 is 5.97 Å². The van der Waals surface area contributed by atoms with E-state index in [0.717, 1.165) is 18.5 Å². The topological polar surface area (TPSA) is 137 Å². The first-order chi connectivity index (χ1) is 16.8. The van der Waals surface area contributed by atoms with E-state index in [0.29, 0.717) is 54.0 Å². The van der Waals surface area contributed by atoms with Crippen LogP contribution in [-0.2, 0) is 18.4 Å². The number of aromatic nitrogens is 6. The van der Waals surface area contributed by atoms with E-state index < -0.39 is 5.97 Å². The van der Waals surface area contributed by atoms with Crippen molar-refractivity contribution in [1.82, 2.24) is 29.9 Å². The number of hydrogen-bond donors (Lipinski definition) is 2. The van der Waals surface area contributed by atoms with Crippen molar-refractivity contribution in [3.8, 4) is 23.0 Å². The molecular weight excluding hydrogens is 450 g/mol. The molecule has 3 aromatic heterocycles. The number of aliphatic carboxylic acids is 1. The molecule has 2 N–H and O–H groups in total. The van der Waals surface area contributed by atoms with Crippen molar-refractivity contribution in [2.75, 3.05) is 5.32 Å². The van der Waals surface area contributed by atoms with Crippen LogP contribution in [0.25, 0.3) is 11.4 Å². The Morgan fingerprint density at radius 1 is 1.26 bits per heavy atom. The van der Waals surface area contributed by atoms with E-state index in [1.54, 1.807) is 16.9 Å². The van der Waals surface area contributed by atoms with Crippen LogP contribution in [0.1, 0.15) is 50.9 Å². The third kappa shape index (κ3) is 6.03. The summed E-state index contributed by atoms with van der Waals surface area (Å²) >= 11 is 0. The van der Waals surface area contributed by atoms with Crippen molar-refractivity contribution in [2.24, 2.45) is 13.0 Å². The molecule has 186 valence electrons. The highest BCUT2D eigenvalue weighted by molar-refractivity contribution is 5.70. The minimum Gasteiger partial charge on any atom is -0.489 e. The molecule has 1 aliphatic rings. The third-order valence-electron chi connectivity index (χ3n) is 5.89. The molecule has 0 spiro atoms. The SMILES string of the molecule is Cc1nc(-c2nnn(C)c2CNc2nccc(OC(C)C)n2)ccc1O[C@H]1CCC[C@H](C(=O)O)C1. The van der Waals surface area contributed by atoms with Crippen LogP contribution in [0, 0.1) is 12.8 Å². The third-order valence-corrected chi connectivity index (χ3v) is 5.89. The second-order valence-electron chi connectivity index (χ2n) is 8.97. The van der Waals surface area contributed by atoms with Gasteiger partial charge in [0, 0.05) is 19.3 Å². The highest BCUT2D eigenvalue weighted by atomic mass is 16.5. The molecule has 2 atom stereocenters. The standard InChI is InChI=1S/C24H31N7O4/c1-14(2)34-21-10-11-25-24(28-21)26-13-19-22(29-30-31(19)4)18-8-9-20(15(3)27-18)35-17-7-5-6-16(12-17)23(32)33/h8-11,14,16-17H,5-7,12-13H2,1-4H3,(H,32,33)(H,25,26,28)/t16-,17-/m0/s1. The molecule has 0 unspecified atom stereocenters. The maximum absolute atomic E-state index is 11.4. The van der Waals surface area contributed by atoms with Gasteiger partial charge in [0.1, 0.15) is 11.4 Å². The molecular formula is C24H31N7O4. The minimum absolute atomic E-state index is 0.0172. The average Bonchev–Trinajstić information content (AvgIpc) is 3.19. The monoisotopic (exact) mass is 481 g/mol. The molecule has 0 aromatic carbocycles. The van der Waals surface area contributed by atoms with Gasteiger partial charge in [0.2, 0.25) is 11.8 Å². The first kappa shape index (κ1) is 24.4. The summed E-state index contributed by atoms with van der Waals surface area (Å²) < 4.78 is 13.4. The average molecular weight is 482 g/mol. The molecule has 3 aromatic rings. The number of pyridine rings is 1. The number of carbonyl (C=O) groups is 1. The Morgan fingerprint density at radius 3 is 2.83 bits per heavy atom. The van der Waals surface area contributed by atoms with E-state index in [-0.39, 0.29) is 18.1 Å². The zero-order valence-electron chi connectivity index (χ0n) is 20.4. The number of nitrogens with one attached hydrogen (secondary N) is 1. The van der Waals surface area contributed by atoms with Gasteiger partial charge in [-0.15, -0.1) is 5.10 Å². The van der Waals surface area contributed by atoms with E-state index in [9.17, 15) is 9.90 Å². The zero-order chi connectivity index (χ0) is 24.9. The summed E-state index contributed by atoms with van der Waals surface area (Å²) in [5.74, 6) is 0.495. The maximum Gasteiger partial charge on any atom is 0.306 e. The van der Waals surface area contributed by atoms with Crippen LogP contribution in [0.2, 0.25) is 0 Å². The zero-order valence-corrected chi connectivity index (χ0v) is 20.4. The van der Waals surface area contributed by atoms with Gasteiger partial charge in [-0.05, 0) is 58.6 Å². The molecule has 11 heteroatoms. The van der Waals surface area contributed by atoms with Crippen LogP contribution >= 0.6 is 0 Å². The summed E-state index contributed by atoms with van der Waals surface area (Å²) in [7, 11) is 1.82. The maximum atomic E-state index is 11.4. The highest BCUT2D eigenvalue weighted by Crippen LogP contribution is 2.30. The highest BCUT2D eigenvalue weighted by Gasteiger charge is 2.28. The van der Waals surface area contributed by atoms with Gasteiger partial charge < -0.3 is 19.9 Å². The van der Waals surface area contributed by atoms with Crippen molar-refractivity contribution >= 4 is 11.9 Å². The largest absolute Gasteiger partial charge is 0.489 e. The predicted octanol–water partition coefficient (Wildman–Crippen LogP) is 3.40. The molecule has 1 aliphatic carbocycles. The Kier molecular flexibility index (Phi) is 7.42. The second kappa shape index (κ2) is 10.7. The summed E-state index contributed by atoms with van der Waals surface area (Å²) in [5.41, 5.74) is 2.85. The number of anilines is 1. The van der Waals surface area contributed by atoms with E-state index in [2.05, 4.69) is 25.6 Å². The fourth-order valence-corrected chi connectivity index (χ4v) is 4.13. The van der Waals surface area contributed by atoms with E-state index in [1.807, 2.05) is 40.0 Å². The minimum atomic E-state index is -0.753. The van der Waals surface area contributed by atoms with Crippen LogP contribution < -0.4 is 14.8 Å². The first-order valence-electron chi connectivity index (χ1n) is 11.8. The molecule has 35 heavy (non-hydrogen) atoms. The van der Waals surface area contributed by atoms with Gasteiger partial charge in [0.15, 0.2) is 0 Å². The van der Waals surface area contributed by atoms with Crippen LogP contribution in [0.5, 0.6) is 11.6 Å². The Labute approximate surface area is 203 Å². The van der Waals surface area contributed by atoms with Crippen molar-refractivity contribution in [1.29, 1.82) is 0 Å². The molecule has 1 saturated carbocycles. The fraction of sp³-hybridized carbons (Fsp3) is 0.500. The fourth-order valence-electron chi connectivity index (χ4n) is 4.13. The number of carboxylic acid groups (broad SMARTS) is 1. The Bertz CT molecular complexity index is 1180. The Balaban J connectivity index is 1.46. The molecule has 0 bridgehead atoms. The second-order valence-corrected chi connectivity index (χ2v) is 8.97. The van der Waals surface area contributed by atoms with E-state index in [4.69, 9.17) is 14.5 Å². The van der Waals surface area contributed by atoms with Crippen molar-refractivity contribution in [3.63, 3.8) is 0 Å². The molecule has 4 rings (SSSR count). The normalized spacial score (nSPS) is 17.9. The van der Waals surface area contributed by atoms with Crippen LogP contribution in [0.3, 0.4) is 0 Å². The van der Waals surface area contributed by atoms with Gasteiger partial charge in [-0.3, -0.25) is 4.79 Å². The van der Waals surface area contributed by atoms with Gasteiger partial charge in [-0.1, -0.05) is 5.21 Å². The molecule has 0 aliphatic heterocycles. The van der Waals surface area contributed by atoms with Gasteiger partial charge in [-0.2, -0.15) is 4.98 Å². The van der Waals surface area contributed by atoms with Crippen LogP contribution in [-0.4, -0.2) is 53.2 Å². The number of nitrogens with zero attached hydrogens (tertiary/aromatic N) is 6. The lowest BCUT2D eigenvalue weighted by Gasteiger charge is -2.27. The van der Waals surface area contributed by atoms with Gasteiger partial charge in [0.25, 0.3) is 0 Å². The van der Waals surface area contributed by atoms with Crippen molar-refractivity contribution < 1.29 is 19.4 Å². The summed E-state index contributed by atoms with van der Waals surface area (Å²) in [6, 6.07) is 5.43. The molecule has 1 fully saturated rings. The summed E-state index contributed by atoms with van der Waals surface area (Å²) in [5, 5.41) is 21.0. The molecule has 0 radical (unpaired) electrons. The van der Waals surface area contributed by atoms with E-state index >= 15 is 0 Å². The number of carboxylic acids is 1. The number of aryl methyl sites for hydroxylation is 2. The first-order valence-corrected chi connectivity index (χ1v) is 11.8. The molecule has 11 nitrogen and oxygen atoms in total. The Hall–Kier alpha value is -3.76. The predicted molar refractivity (Wildman–Crippen MR) is 128 cm³/mol. The lowest BCUT2D eigenvalue weighted by Crippen LogP contribution is -2.29. The Morgan fingerprint density at radius 2 is 2.09 bits per heavy atom. The van der Waals surface area contributed by atoms with Gasteiger partial charge in [-0.25, -0.2) is 14.6 Å². The quantitative estimate of drug-likeness (QED) is 0.468. The van der Waals surface area contributed by atoms with Crippen molar-refractivity contribution in [2.45, 2.75) is 65.2 Å². The van der Waals surface area contributed by atoms with Gasteiger partial charge in [0.05, 0.1) is 41.8 Å². The summed E-state index contributed by atoms with van der Waals surface area (Å²) in [6.45, 7) is 6.15. The molecule has 0 saturated heterocycles. The van der Waals surface area contributed by atoms with Crippen molar-refractivity contribution in [3.05, 3.63) is 35.8 Å². The summed E-state index contributed by atoms with van der Waals surface area (Å²) in [6.07, 6.45) is 4.45. The smallest absolute Gasteiger partial charge is 0.306 e. The van der Waals surface area contributed by atoms with E-state index in [1.165, 1.54) is 0 Å².